The summed E-state index contributed by atoms with van der Waals surface area (Å²) in [6.07, 6.45) is 0.117. The number of methoxy groups -OCH3 is 2. The number of anilines is 2. The van der Waals surface area contributed by atoms with Crippen molar-refractivity contribution in [3.8, 4) is 11.5 Å². The lowest BCUT2D eigenvalue weighted by Gasteiger charge is -2.20. The van der Waals surface area contributed by atoms with E-state index in [0.29, 0.717) is 40.5 Å². The van der Waals surface area contributed by atoms with Gasteiger partial charge in [0, 0.05) is 25.6 Å². The molecule has 1 fully saturated rings. The fourth-order valence-electron chi connectivity index (χ4n) is 2.88. The Hall–Kier alpha value is -2.72. The molecule has 0 spiro atoms. The van der Waals surface area contributed by atoms with E-state index in [1.807, 2.05) is 6.92 Å². The Morgan fingerprint density at radius 1 is 1.32 bits per heavy atom. The SMILES string of the molecule is CCOCc1nnc(NC(=O)C2CC(=O)N(c3ccc(OC)cc3OC)C2)s1. The summed E-state index contributed by atoms with van der Waals surface area (Å²) in [7, 11) is 3.08. The van der Waals surface area contributed by atoms with Gasteiger partial charge in [-0.25, -0.2) is 0 Å². The van der Waals surface area contributed by atoms with Crippen molar-refractivity contribution in [2.45, 2.75) is 20.0 Å². The molecule has 2 amide bonds. The third-order valence-corrected chi connectivity index (χ3v) is 5.11. The van der Waals surface area contributed by atoms with Crippen LogP contribution in [0, 0.1) is 5.92 Å². The summed E-state index contributed by atoms with van der Waals surface area (Å²) in [5, 5.41) is 11.7. The van der Waals surface area contributed by atoms with Gasteiger partial charge in [0.1, 0.15) is 23.1 Å². The lowest BCUT2D eigenvalue weighted by molar-refractivity contribution is -0.122. The van der Waals surface area contributed by atoms with Gasteiger partial charge in [-0.15, -0.1) is 10.2 Å². The number of hydrogen-bond donors (Lipinski definition) is 1. The number of rotatable bonds is 8. The van der Waals surface area contributed by atoms with Crippen molar-refractivity contribution in [1.82, 2.24) is 10.2 Å². The molecule has 9 nitrogen and oxygen atoms in total. The van der Waals surface area contributed by atoms with E-state index in [1.54, 1.807) is 30.2 Å². The van der Waals surface area contributed by atoms with Crippen LogP contribution in [-0.2, 0) is 20.9 Å². The van der Waals surface area contributed by atoms with Gasteiger partial charge >= 0.3 is 0 Å². The zero-order chi connectivity index (χ0) is 20.1. The number of carbonyl (C=O) groups excluding carboxylic acids is 2. The molecular weight excluding hydrogens is 384 g/mol. The van der Waals surface area contributed by atoms with Crippen molar-refractivity contribution in [2.24, 2.45) is 5.92 Å². The molecule has 1 atom stereocenters. The normalized spacial score (nSPS) is 16.3. The van der Waals surface area contributed by atoms with Crippen LogP contribution < -0.4 is 19.7 Å². The Morgan fingerprint density at radius 3 is 2.86 bits per heavy atom. The summed E-state index contributed by atoms with van der Waals surface area (Å²) in [5.74, 6) is 0.248. The zero-order valence-corrected chi connectivity index (χ0v) is 16.7. The van der Waals surface area contributed by atoms with Crippen molar-refractivity contribution < 1.29 is 23.8 Å². The zero-order valence-electron chi connectivity index (χ0n) is 15.9. The Labute approximate surface area is 166 Å². The molecule has 1 aliphatic rings. The highest BCUT2D eigenvalue weighted by atomic mass is 32.1. The Morgan fingerprint density at radius 2 is 2.14 bits per heavy atom. The summed E-state index contributed by atoms with van der Waals surface area (Å²) in [5.41, 5.74) is 0.610. The highest BCUT2D eigenvalue weighted by Crippen LogP contribution is 2.36. The van der Waals surface area contributed by atoms with E-state index in [4.69, 9.17) is 14.2 Å². The molecule has 0 radical (unpaired) electrons. The summed E-state index contributed by atoms with van der Waals surface area (Å²) in [6, 6.07) is 5.21. The second kappa shape index (κ2) is 8.98. The maximum atomic E-state index is 12.6. The van der Waals surface area contributed by atoms with Gasteiger partial charge in [-0.3, -0.25) is 9.59 Å². The highest BCUT2D eigenvalue weighted by Gasteiger charge is 2.36. The van der Waals surface area contributed by atoms with Crippen molar-refractivity contribution >= 4 is 34.0 Å². The maximum absolute atomic E-state index is 12.6. The molecule has 1 aromatic heterocycles. The average Bonchev–Trinajstić information content (AvgIpc) is 3.32. The van der Waals surface area contributed by atoms with Gasteiger partial charge in [0.2, 0.25) is 16.9 Å². The molecule has 0 bridgehead atoms. The first-order chi connectivity index (χ1) is 13.5. The van der Waals surface area contributed by atoms with Crippen LogP contribution in [0.4, 0.5) is 10.8 Å². The van der Waals surface area contributed by atoms with E-state index in [0.717, 1.165) is 0 Å². The second-order valence-electron chi connectivity index (χ2n) is 6.07. The molecule has 2 heterocycles. The number of hydrogen-bond acceptors (Lipinski definition) is 8. The van der Waals surface area contributed by atoms with Gasteiger partial charge in [0.25, 0.3) is 0 Å². The number of amides is 2. The van der Waals surface area contributed by atoms with E-state index in [-0.39, 0.29) is 24.8 Å². The van der Waals surface area contributed by atoms with Crippen LogP contribution >= 0.6 is 11.3 Å². The fraction of sp³-hybridized carbons (Fsp3) is 0.444. The fourth-order valence-corrected chi connectivity index (χ4v) is 3.56. The predicted octanol–water partition coefficient (Wildman–Crippen LogP) is 2.08. The number of benzene rings is 1. The first-order valence-electron chi connectivity index (χ1n) is 8.79. The molecule has 1 aromatic carbocycles. The Kier molecular flexibility index (Phi) is 6.42. The molecule has 10 heteroatoms. The Bertz CT molecular complexity index is 856. The van der Waals surface area contributed by atoms with Crippen LogP contribution in [0.2, 0.25) is 0 Å². The number of ether oxygens (including phenoxy) is 3. The van der Waals surface area contributed by atoms with E-state index in [2.05, 4.69) is 15.5 Å². The largest absolute Gasteiger partial charge is 0.497 e. The van der Waals surface area contributed by atoms with Gasteiger partial charge in [0.15, 0.2) is 0 Å². The molecule has 1 saturated heterocycles. The summed E-state index contributed by atoms with van der Waals surface area (Å²) in [4.78, 5) is 26.6. The van der Waals surface area contributed by atoms with E-state index in [9.17, 15) is 9.59 Å². The van der Waals surface area contributed by atoms with Gasteiger partial charge in [-0.05, 0) is 19.1 Å². The number of nitrogens with zero attached hydrogens (tertiary/aromatic N) is 3. The maximum Gasteiger partial charge on any atom is 0.231 e. The number of carbonyl (C=O) groups is 2. The first kappa shape index (κ1) is 20.0. The predicted molar refractivity (Wildman–Crippen MR) is 104 cm³/mol. The van der Waals surface area contributed by atoms with Crippen molar-refractivity contribution in [1.29, 1.82) is 0 Å². The van der Waals surface area contributed by atoms with Crippen LogP contribution in [0.3, 0.4) is 0 Å². The van der Waals surface area contributed by atoms with E-state index >= 15 is 0 Å². The molecular formula is C18H22N4O5S. The molecule has 0 aliphatic carbocycles. The molecule has 28 heavy (non-hydrogen) atoms. The molecule has 3 rings (SSSR count). The molecule has 1 N–H and O–H groups in total. The first-order valence-corrected chi connectivity index (χ1v) is 9.60. The van der Waals surface area contributed by atoms with Crippen LogP contribution in [0.1, 0.15) is 18.4 Å². The third-order valence-electron chi connectivity index (χ3n) is 4.30. The lowest BCUT2D eigenvalue weighted by atomic mass is 10.1. The highest BCUT2D eigenvalue weighted by molar-refractivity contribution is 7.15. The quantitative estimate of drug-likeness (QED) is 0.716. The summed E-state index contributed by atoms with van der Waals surface area (Å²) >= 11 is 1.26. The molecule has 150 valence electrons. The van der Waals surface area contributed by atoms with Crippen molar-refractivity contribution in [2.75, 3.05) is 37.6 Å². The van der Waals surface area contributed by atoms with Crippen LogP contribution in [0.5, 0.6) is 11.5 Å². The molecule has 0 saturated carbocycles. The lowest BCUT2D eigenvalue weighted by Crippen LogP contribution is -2.28. The van der Waals surface area contributed by atoms with Crippen molar-refractivity contribution in [3.05, 3.63) is 23.2 Å². The van der Waals surface area contributed by atoms with Crippen LogP contribution in [-0.4, -0.2) is 49.4 Å². The minimum atomic E-state index is -0.487. The smallest absolute Gasteiger partial charge is 0.231 e. The minimum Gasteiger partial charge on any atom is -0.497 e. The third kappa shape index (κ3) is 4.39. The van der Waals surface area contributed by atoms with Gasteiger partial charge in [0.05, 0.1) is 25.8 Å². The Balaban J connectivity index is 1.67. The van der Waals surface area contributed by atoms with Crippen molar-refractivity contribution in [3.63, 3.8) is 0 Å². The topological polar surface area (TPSA) is 103 Å². The number of nitrogens with one attached hydrogen (secondary N) is 1. The van der Waals surface area contributed by atoms with Gasteiger partial charge < -0.3 is 24.4 Å². The monoisotopic (exact) mass is 406 g/mol. The van der Waals surface area contributed by atoms with Crippen LogP contribution in [0.25, 0.3) is 0 Å². The molecule has 2 aromatic rings. The average molecular weight is 406 g/mol. The van der Waals surface area contributed by atoms with Gasteiger partial charge in [-0.1, -0.05) is 11.3 Å². The number of aromatic nitrogens is 2. The standard InChI is InChI=1S/C18H22N4O5S/c1-4-27-10-15-20-21-18(28-15)19-17(24)11-7-16(23)22(9-11)13-6-5-12(25-2)8-14(13)26-3/h5-6,8,11H,4,7,9-10H2,1-3H3,(H,19,21,24). The van der Waals surface area contributed by atoms with E-state index in [1.165, 1.54) is 18.4 Å². The summed E-state index contributed by atoms with van der Waals surface area (Å²) in [6.45, 7) is 3.09. The van der Waals surface area contributed by atoms with Gasteiger partial charge in [-0.2, -0.15) is 0 Å². The molecule has 1 aliphatic heterocycles. The second-order valence-corrected chi connectivity index (χ2v) is 7.13. The van der Waals surface area contributed by atoms with E-state index < -0.39 is 5.92 Å². The van der Waals surface area contributed by atoms with Crippen LogP contribution in [0.15, 0.2) is 18.2 Å². The minimum absolute atomic E-state index is 0.117. The molecule has 1 unspecified atom stereocenters. The summed E-state index contributed by atoms with van der Waals surface area (Å²) < 4.78 is 15.8.